The maximum Gasteiger partial charge on any atom is 0.134 e. The van der Waals surface area contributed by atoms with E-state index in [4.69, 9.17) is 4.74 Å². The van der Waals surface area contributed by atoms with Crippen LogP contribution in [0.1, 0.15) is 12.5 Å². The first-order valence-electron chi connectivity index (χ1n) is 5.21. The van der Waals surface area contributed by atoms with Gasteiger partial charge in [-0.3, -0.25) is 4.90 Å². The maximum absolute atomic E-state index is 9.85. The molecule has 0 aromatic heterocycles. The highest BCUT2D eigenvalue weighted by atomic mass is 79.9. The number of nitrogens with zero attached hydrogens (tertiary/aromatic N) is 1. The molecule has 0 bridgehead atoms. The number of methoxy groups -OCH3 is 1. The molecule has 0 saturated carbocycles. The van der Waals surface area contributed by atoms with E-state index in [1.54, 1.807) is 7.11 Å². The predicted molar refractivity (Wildman–Crippen MR) is 68.6 cm³/mol. The molecule has 3 nitrogen and oxygen atoms in total. The van der Waals surface area contributed by atoms with Crippen LogP contribution in [-0.2, 0) is 11.3 Å². The Morgan fingerprint density at radius 1 is 1.50 bits per heavy atom. The number of likely N-dealkylation sites (N-methyl/N-ethyl adjacent to an activating group) is 1. The first kappa shape index (κ1) is 13.5. The molecule has 1 aromatic rings. The Morgan fingerprint density at radius 3 is 2.81 bits per heavy atom. The number of hydrogen-bond donors (Lipinski definition) is 1. The van der Waals surface area contributed by atoms with Crippen molar-refractivity contribution in [3.8, 4) is 5.75 Å². The average molecular weight is 288 g/mol. The molecule has 1 atom stereocenters. The fraction of sp³-hybridized carbons (Fsp3) is 0.500. The number of rotatable bonds is 5. The van der Waals surface area contributed by atoms with Crippen molar-refractivity contribution >= 4 is 15.9 Å². The SMILES string of the molecule is COCC(C)N(C)Cc1cccc(Br)c1O. The third-order valence-corrected chi connectivity index (χ3v) is 3.29. The van der Waals surface area contributed by atoms with Crippen LogP contribution in [0.3, 0.4) is 0 Å². The van der Waals surface area contributed by atoms with Gasteiger partial charge < -0.3 is 9.84 Å². The molecule has 4 heteroatoms. The van der Waals surface area contributed by atoms with Crippen LogP contribution in [0, 0.1) is 0 Å². The van der Waals surface area contributed by atoms with Crippen molar-refractivity contribution in [2.75, 3.05) is 20.8 Å². The number of para-hydroxylation sites is 1. The Balaban J connectivity index is 2.69. The van der Waals surface area contributed by atoms with Gasteiger partial charge in [-0.2, -0.15) is 0 Å². The number of halogens is 1. The fourth-order valence-electron chi connectivity index (χ4n) is 1.48. The molecule has 0 aliphatic rings. The number of phenolic OH excluding ortho intramolecular Hbond substituents is 1. The molecule has 90 valence electrons. The zero-order valence-corrected chi connectivity index (χ0v) is 11.5. The summed E-state index contributed by atoms with van der Waals surface area (Å²) in [5.74, 6) is 0.318. The molecule has 0 saturated heterocycles. The number of hydrogen-bond acceptors (Lipinski definition) is 3. The minimum Gasteiger partial charge on any atom is -0.506 e. The summed E-state index contributed by atoms with van der Waals surface area (Å²) in [5.41, 5.74) is 0.917. The summed E-state index contributed by atoms with van der Waals surface area (Å²) in [7, 11) is 3.71. The van der Waals surface area contributed by atoms with Crippen molar-refractivity contribution < 1.29 is 9.84 Å². The second-order valence-corrected chi connectivity index (χ2v) is 4.82. The summed E-state index contributed by atoms with van der Waals surface area (Å²) in [6.45, 7) is 3.49. The lowest BCUT2D eigenvalue weighted by molar-refractivity contribution is 0.111. The summed E-state index contributed by atoms with van der Waals surface area (Å²) in [5, 5.41) is 9.85. The van der Waals surface area contributed by atoms with Gasteiger partial charge in [0.05, 0.1) is 11.1 Å². The van der Waals surface area contributed by atoms with Gasteiger partial charge in [-0.25, -0.2) is 0 Å². The lowest BCUT2D eigenvalue weighted by atomic mass is 10.1. The van der Waals surface area contributed by atoms with Gasteiger partial charge in [0.15, 0.2) is 0 Å². The first-order chi connectivity index (χ1) is 7.56. The zero-order valence-electron chi connectivity index (χ0n) is 9.90. The largest absolute Gasteiger partial charge is 0.506 e. The lowest BCUT2D eigenvalue weighted by Crippen LogP contribution is -2.32. The van der Waals surface area contributed by atoms with Gasteiger partial charge in [0, 0.05) is 25.3 Å². The van der Waals surface area contributed by atoms with Gasteiger partial charge >= 0.3 is 0 Å². The topological polar surface area (TPSA) is 32.7 Å². The fourth-order valence-corrected chi connectivity index (χ4v) is 1.89. The van der Waals surface area contributed by atoms with Crippen molar-refractivity contribution in [3.05, 3.63) is 28.2 Å². The van der Waals surface area contributed by atoms with Crippen LogP contribution in [0.15, 0.2) is 22.7 Å². The van der Waals surface area contributed by atoms with E-state index in [9.17, 15) is 5.11 Å². The molecular weight excluding hydrogens is 270 g/mol. The van der Waals surface area contributed by atoms with Crippen molar-refractivity contribution in [2.45, 2.75) is 19.5 Å². The zero-order chi connectivity index (χ0) is 12.1. The Hall–Kier alpha value is -0.580. The Bertz CT molecular complexity index is 344. The maximum atomic E-state index is 9.85. The van der Waals surface area contributed by atoms with Crippen molar-refractivity contribution in [2.24, 2.45) is 0 Å². The molecular formula is C12H18BrNO2. The highest BCUT2D eigenvalue weighted by Crippen LogP contribution is 2.28. The van der Waals surface area contributed by atoms with E-state index in [1.807, 2.05) is 25.2 Å². The van der Waals surface area contributed by atoms with Crippen LogP contribution in [0.5, 0.6) is 5.75 Å². The minimum absolute atomic E-state index is 0.318. The summed E-state index contributed by atoms with van der Waals surface area (Å²) in [6.07, 6.45) is 0. The molecule has 16 heavy (non-hydrogen) atoms. The van der Waals surface area contributed by atoms with E-state index in [0.29, 0.717) is 24.9 Å². The minimum atomic E-state index is 0.318. The summed E-state index contributed by atoms with van der Waals surface area (Å²) in [4.78, 5) is 2.14. The highest BCUT2D eigenvalue weighted by Gasteiger charge is 2.12. The molecule has 0 radical (unpaired) electrons. The standard InChI is InChI=1S/C12H18BrNO2/c1-9(8-16-3)14(2)7-10-5-4-6-11(13)12(10)15/h4-6,9,15H,7-8H2,1-3H3. The highest BCUT2D eigenvalue weighted by molar-refractivity contribution is 9.10. The van der Waals surface area contributed by atoms with Gasteiger partial charge in [0.2, 0.25) is 0 Å². The normalized spacial score (nSPS) is 13.1. The second-order valence-electron chi connectivity index (χ2n) is 3.97. The first-order valence-corrected chi connectivity index (χ1v) is 6.01. The van der Waals surface area contributed by atoms with Gasteiger partial charge in [-0.15, -0.1) is 0 Å². The van der Waals surface area contributed by atoms with Crippen LogP contribution in [-0.4, -0.2) is 36.8 Å². The van der Waals surface area contributed by atoms with E-state index in [-0.39, 0.29) is 0 Å². The molecule has 0 aliphatic heterocycles. The van der Waals surface area contributed by atoms with Gasteiger partial charge in [-0.1, -0.05) is 12.1 Å². The number of phenols is 1. The summed E-state index contributed by atoms with van der Waals surface area (Å²) < 4.78 is 5.84. The van der Waals surface area contributed by atoms with E-state index >= 15 is 0 Å². The third-order valence-electron chi connectivity index (χ3n) is 2.65. The van der Waals surface area contributed by atoms with Gasteiger partial charge in [0.25, 0.3) is 0 Å². The summed E-state index contributed by atoms with van der Waals surface area (Å²) in [6, 6.07) is 6.00. The molecule has 0 fully saturated rings. The molecule has 0 heterocycles. The quantitative estimate of drug-likeness (QED) is 0.904. The second kappa shape index (κ2) is 6.23. The van der Waals surface area contributed by atoms with E-state index in [2.05, 4.69) is 27.8 Å². The van der Waals surface area contributed by atoms with E-state index in [1.165, 1.54) is 0 Å². The predicted octanol–water partition coefficient (Wildman–Crippen LogP) is 2.62. The van der Waals surface area contributed by atoms with Crippen molar-refractivity contribution in [1.29, 1.82) is 0 Å². The van der Waals surface area contributed by atoms with Gasteiger partial charge in [-0.05, 0) is 36.0 Å². The number of ether oxygens (including phenoxy) is 1. The molecule has 1 unspecified atom stereocenters. The Labute approximate surface area is 105 Å². The molecule has 1 aromatic carbocycles. The van der Waals surface area contributed by atoms with Crippen LogP contribution in [0.2, 0.25) is 0 Å². The summed E-state index contributed by atoms with van der Waals surface area (Å²) >= 11 is 3.31. The molecule has 1 N–H and O–H groups in total. The van der Waals surface area contributed by atoms with Crippen LogP contribution in [0.25, 0.3) is 0 Å². The number of aromatic hydroxyl groups is 1. The van der Waals surface area contributed by atoms with Crippen LogP contribution < -0.4 is 0 Å². The Kier molecular flexibility index (Phi) is 5.25. The molecule has 0 aliphatic carbocycles. The molecule has 0 amide bonds. The van der Waals surface area contributed by atoms with Crippen LogP contribution >= 0.6 is 15.9 Å². The van der Waals surface area contributed by atoms with Crippen molar-refractivity contribution in [1.82, 2.24) is 4.90 Å². The third kappa shape index (κ3) is 3.47. The van der Waals surface area contributed by atoms with E-state index in [0.717, 1.165) is 10.0 Å². The monoisotopic (exact) mass is 287 g/mol. The van der Waals surface area contributed by atoms with E-state index < -0.39 is 0 Å². The Morgan fingerprint density at radius 2 is 2.19 bits per heavy atom. The van der Waals surface area contributed by atoms with Gasteiger partial charge in [0.1, 0.15) is 5.75 Å². The molecule has 0 spiro atoms. The smallest absolute Gasteiger partial charge is 0.134 e. The number of benzene rings is 1. The molecule has 1 rings (SSSR count). The lowest BCUT2D eigenvalue weighted by Gasteiger charge is -2.24. The van der Waals surface area contributed by atoms with Crippen LogP contribution in [0.4, 0.5) is 0 Å². The van der Waals surface area contributed by atoms with Crippen molar-refractivity contribution in [3.63, 3.8) is 0 Å². The average Bonchev–Trinajstić information content (AvgIpc) is 2.25.